The Morgan fingerprint density at radius 2 is 1.76 bits per heavy atom. The van der Waals surface area contributed by atoms with Crippen molar-refractivity contribution in [2.24, 2.45) is 0 Å². The number of hydrogen-bond acceptors (Lipinski definition) is 9. The number of pyridine rings is 1. The number of oxazole rings is 1. The average Bonchev–Trinajstić information content (AvgIpc) is 3.43. The number of ether oxygens (including phenoxy) is 1. The van der Waals surface area contributed by atoms with Crippen LogP contribution in [0, 0.1) is 0 Å². The molecule has 0 amide bonds. The Hall–Kier alpha value is -4.79. The van der Waals surface area contributed by atoms with E-state index < -0.39 is 0 Å². The number of methoxy groups -OCH3 is 1. The quantitative estimate of drug-likeness (QED) is 0.338. The Kier molecular flexibility index (Phi) is 6.06. The predicted octanol–water partition coefficient (Wildman–Crippen LogP) is 4.95. The van der Waals surface area contributed by atoms with E-state index in [0.717, 1.165) is 22.4 Å². The van der Waals surface area contributed by atoms with E-state index in [2.05, 4.69) is 35.6 Å². The smallest absolute Gasteiger partial charge is 0.232 e. The van der Waals surface area contributed by atoms with Gasteiger partial charge in [-0.15, -0.1) is 0 Å². The molecule has 0 saturated carbocycles. The molecule has 2 aromatic carbocycles. The van der Waals surface area contributed by atoms with Crippen molar-refractivity contribution in [1.29, 1.82) is 0 Å². The van der Waals surface area contributed by atoms with Crippen LogP contribution in [0.25, 0.3) is 22.7 Å². The molecule has 0 aliphatic carbocycles. The van der Waals surface area contributed by atoms with Crippen molar-refractivity contribution in [3.63, 3.8) is 0 Å². The number of nitrogens with zero attached hydrogens (tertiary/aromatic N) is 5. The van der Waals surface area contributed by atoms with Crippen LogP contribution >= 0.6 is 0 Å². The molecule has 3 heterocycles. The van der Waals surface area contributed by atoms with Gasteiger partial charge in [-0.1, -0.05) is 36.4 Å². The van der Waals surface area contributed by atoms with E-state index >= 15 is 0 Å². The second kappa shape index (κ2) is 9.78. The van der Waals surface area contributed by atoms with Crippen molar-refractivity contribution < 1.29 is 9.15 Å². The van der Waals surface area contributed by atoms with E-state index in [1.165, 1.54) is 6.39 Å². The Bertz CT molecular complexity index is 1360. The molecule has 0 aliphatic rings. The maximum absolute atomic E-state index is 5.55. The van der Waals surface area contributed by atoms with E-state index in [9.17, 15) is 0 Å². The van der Waals surface area contributed by atoms with E-state index in [4.69, 9.17) is 9.15 Å². The highest BCUT2D eigenvalue weighted by atomic mass is 16.5. The summed E-state index contributed by atoms with van der Waals surface area (Å²) in [4.78, 5) is 21.9. The molecule has 0 bridgehead atoms. The molecule has 0 saturated heterocycles. The van der Waals surface area contributed by atoms with Crippen LogP contribution in [0.3, 0.4) is 0 Å². The predicted molar refractivity (Wildman–Crippen MR) is 129 cm³/mol. The summed E-state index contributed by atoms with van der Waals surface area (Å²) in [5.74, 6) is 2.66. The number of aromatic nitrogens is 5. The fraction of sp³-hybridized carbons (Fsp3) is 0.0800. The van der Waals surface area contributed by atoms with Crippen molar-refractivity contribution in [3.8, 4) is 28.5 Å². The van der Waals surface area contributed by atoms with Gasteiger partial charge in [0.15, 0.2) is 18.0 Å². The van der Waals surface area contributed by atoms with Gasteiger partial charge in [0, 0.05) is 36.3 Å². The van der Waals surface area contributed by atoms with Gasteiger partial charge < -0.3 is 19.8 Å². The average molecular weight is 451 g/mol. The molecule has 0 aliphatic heterocycles. The second-order valence-corrected chi connectivity index (χ2v) is 7.29. The number of rotatable bonds is 8. The molecule has 9 nitrogen and oxygen atoms in total. The highest BCUT2D eigenvalue weighted by molar-refractivity contribution is 5.71. The van der Waals surface area contributed by atoms with Gasteiger partial charge in [-0.25, -0.2) is 4.98 Å². The molecule has 34 heavy (non-hydrogen) atoms. The molecule has 9 heteroatoms. The molecule has 0 spiro atoms. The molecule has 5 rings (SSSR count). The molecule has 2 N–H and O–H groups in total. The van der Waals surface area contributed by atoms with Crippen LogP contribution < -0.4 is 15.4 Å². The number of nitrogens with one attached hydrogen (secondary N) is 2. The van der Waals surface area contributed by atoms with Crippen LogP contribution in [0.1, 0.15) is 5.56 Å². The van der Waals surface area contributed by atoms with Gasteiger partial charge in [0.25, 0.3) is 0 Å². The summed E-state index contributed by atoms with van der Waals surface area (Å²) >= 11 is 0. The van der Waals surface area contributed by atoms with Gasteiger partial charge in [-0.2, -0.15) is 15.0 Å². The lowest BCUT2D eigenvalue weighted by Crippen LogP contribution is -2.08. The summed E-state index contributed by atoms with van der Waals surface area (Å²) in [5.41, 5.74) is 3.45. The van der Waals surface area contributed by atoms with Crippen LogP contribution in [0.15, 0.2) is 90.1 Å². The summed E-state index contributed by atoms with van der Waals surface area (Å²) in [7, 11) is 1.61. The molecule has 0 unspecified atom stereocenters. The third kappa shape index (κ3) is 4.83. The van der Waals surface area contributed by atoms with Gasteiger partial charge in [0.1, 0.15) is 5.75 Å². The number of hydrogen-bond donors (Lipinski definition) is 2. The first-order valence-electron chi connectivity index (χ1n) is 10.6. The van der Waals surface area contributed by atoms with Crippen molar-refractivity contribution in [2.45, 2.75) is 6.54 Å². The third-order valence-corrected chi connectivity index (χ3v) is 5.00. The van der Waals surface area contributed by atoms with Gasteiger partial charge in [0.2, 0.25) is 11.9 Å². The van der Waals surface area contributed by atoms with Crippen LogP contribution in [0.5, 0.6) is 5.75 Å². The lowest BCUT2D eigenvalue weighted by Gasteiger charge is -2.12. The largest absolute Gasteiger partial charge is 0.496 e. The minimum atomic E-state index is 0.400. The first kappa shape index (κ1) is 21.1. The number of anilines is 3. The normalized spacial score (nSPS) is 10.6. The van der Waals surface area contributed by atoms with E-state index in [0.29, 0.717) is 35.8 Å². The van der Waals surface area contributed by atoms with Crippen LogP contribution in [-0.2, 0) is 6.54 Å². The molecule has 3 aromatic heterocycles. The summed E-state index contributed by atoms with van der Waals surface area (Å²) in [6.45, 7) is 0.533. The van der Waals surface area contributed by atoms with E-state index in [-0.39, 0.29) is 0 Å². The SMILES string of the molecule is COc1cc(Nc2nc(NCc3cccnc3)nc(-c3ccccc3)n2)ccc1-c1cnco1. The van der Waals surface area contributed by atoms with Crippen LogP contribution in [0.2, 0.25) is 0 Å². The molecular formula is C25H21N7O2. The fourth-order valence-electron chi connectivity index (χ4n) is 3.36. The summed E-state index contributed by atoms with van der Waals surface area (Å²) in [5, 5.41) is 6.52. The summed E-state index contributed by atoms with van der Waals surface area (Å²) < 4.78 is 11.0. The first-order valence-corrected chi connectivity index (χ1v) is 10.6. The third-order valence-electron chi connectivity index (χ3n) is 5.00. The molecule has 0 atom stereocenters. The highest BCUT2D eigenvalue weighted by Gasteiger charge is 2.13. The Morgan fingerprint density at radius 1 is 0.882 bits per heavy atom. The number of benzene rings is 2. The van der Waals surface area contributed by atoms with E-state index in [1.54, 1.807) is 25.7 Å². The highest BCUT2D eigenvalue weighted by Crippen LogP contribution is 2.33. The maximum atomic E-state index is 5.55. The monoisotopic (exact) mass is 451 g/mol. The molecule has 0 radical (unpaired) electrons. The second-order valence-electron chi connectivity index (χ2n) is 7.29. The standard InChI is InChI=1S/C25H21N7O2/c1-33-21-12-19(9-10-20(21)22-15-27-16-34-22)29-25-31-23(18-7-3-2-4-8-18)30-24(32-25)28-14-17-6-5-11-26-13-17/h2-13,15-16H,14H2,1H3,(H2,28,29,30,31,32). The molecular weight excluding hydrogens is 430 g/mol. The first-order chi connectivity index (χ1) is 16.8. The van der Waals surface area contributed by atoms with Crippen molar-refractivity contribution in [2.75, 3.05) is 17.7 Å². The molecule has 168 valence electrons. The van der Waals surface area contributed by atoms with Crippen molar-refractivity contribution in [3.05, 3.63) is 91.2 Å². The topological polar surface area (TPSA) is 111 Å². The summed E-state index contributed by atoms with van der Waals surface area (Å²) in [6, 6.07) is 19.3. The van der Waals surface area contributed by atoms with Gasteiger partial charge in [0.05, 0.1) is 18.9 Å². The lowest BCUT2D eigenvalue weighted by atomic mass is 10.1. The Labute approximate surface area is 195 Å². The molecule has 5 aromatic rings. The molecule has 0 fully saturated rings. The van der Waals surface area contributed by atoms with Crippen LogP contribution in [-0.4, -0.2) is 32.0 Å². The zero-order chi connectivity index (χ0) is 23.2. The Balaban J connectivity index is 1.45. The lowest BCUT2D eigenvalue weighted by molar-refractivity contribution is 0.415. The van der Waals surface area contributed by atoms with Gasteiger partial charge >= 0.3 is 0 Å². The zero-order valence-corrected chi connectivity index (χ0v) is 18.3. The van der Waals surface area contributed by atoms with Crippen molar-refractivity contribution >= 4 is 17.6 Å². The van der Waals surface area contributed by atoms with Crippen LogP contribution in [0.4, 0.5) is 17.6 Å². The maximum Gasteiger partial charge on any atom is 0.232 e. The zero-order valence-electron chi connectivity index (χ0n) is 18.3. The van der Waals surface area contributed by atoms with E-state index in [1.807, 2.05) is 60.7 Å². The van der Waals surface area contributed by atoms with Gasteiger partial charge in [-0.05, 0) is 23.8 Å². The minimum Gasteiger partial charge on any atom is -0.496 e. The Morgan fingerprint density at radius 3 is 2.53 bits per heavy atom. The minimum absolute atomic E-state index is 0.400. The van der Waals surface area contributed by atoms with Crippen molar-refractivity contribution in [1.82, 2.24) is 24.9 Å². The summed E-state index contributed by atoms with van der Waals surface area (Å²) in [6.07, 6.45) is 6.57. The van der Waals surface area contributed by atoms with Gasteiger partial charge in [-0.3, -0.25) is 4.98 Å². The fourth-order valence-corrected chi connectivity index (χ4v) is 3.36.